The fourth-order valence-electron chi connectivity index (χ4n) is 3.62. The van der Waals surface area contributed by atoms with Gasteiger partial charge in [0.1, 0.15) is 12.1 Å². The van der Waals surface area contributed by atoms with Crippen LogP contribution in [-0.2, 0) is 39.9 Å². The van der Waals surface area contributed by atoms with E-state index in [1.165, 1.54) is 14.2 Å². The van der Waals surface area contributed by atoms with Gasteiger partial charge in [-0.3, -0.25) is 19.2 Å². The van der Waals surface area contributed by atoms with Gasteiger partial charge in [-0.2, -0.15) is 0 Å². The summed E-state index contributed by atoms with van der Waals surface area (Å²) in [6.45, 7) is 3.80. The third-order valence-corrected chi connectivity index (χ3v) is 5.59. The number of esters is 2. The number of nitrogens with one attached hydrogen (secondary N) is 1. The molecule has 1 aromatic rings. The monoisotopic (exact) mass is 461 g/mol. The molecule has 1 unspecified atom stereocenters. The number of rotatable bonds is 15. The zero-order valence-electron chi connectivity index (χ0n) is 19.9. The minimum Gasteiger partial charge on any atom is -0.468 e. The minimum absolute atomic E-state index is 0.00939. The van der Waals surface area contributed by atoms with Crippen LogP contribution in [0.25, 0.3) is 0 Å². The zero-order valence-corrected chi connectivity index (χ0v) is 19.9. The lowest BCUT2D eigenvalue weighted by Crippen LogP contribution is -2.42. The lowest BCUT2D eigenvalue weighted by molar-refractivity contribution is -0.159. The normalized spacial score (nSPS) is 12.7. The highest BCUT2D eigenvalue weighted by atomic mass is 16.5. The summed E-state index contributed by atoms with van der Waals surface area (Å²) in [7, 11) is 2.38. The number of methoxy groups -OCH3 is 2. The van der Waals surface area contributed by atoms with Crippen molar-refractivity contribution < 1.29 is 33.4 Å². The predicted molar refractivity (Wildman–Crippen MR) is 122 cm³/mol. The number of ether oxygens (including phenoxy) is 2. The molecule has 0 saturated heterocycles. The summed E-state index contributed by atoms with van der Waals surface area (Å²) in [6, 6.07) is 8.79. The quantitative estimate of drug-likeness (QED) is 0.242. The third kappa shape index (κ3) is 9.97. The Bertz CT molecular complexity index is 775. The molecule has 1 rings (SSSR count). The molecule has 1 N–H and O–H groups in total. The summed E-state index contributed by atoms with van der Waals surface area (Å²) in [5.41, 5.74) is 0.948. The van der Waals surface area contributed by atoms with Crippen LogP contribution in [0, 0.1) is 17.8 Å². The number of hydrogen-bond donors (Lipinski definition) is 1. The topological polar surface area (TPSA) is 116 Å². The smallest absolute Gasteiger partial charge is 0.320 e. The van der Waals surface area contributed by atoms with Crippen molar-refractivity contribution in [1.82, 2.24) is 5.32 Å². The van der Waals surface area contributed by atoms with Gasteiger partial charge in [0.25, 0.3) is 0 Å². The van der Waals surface area contributed by atoms with Crippen LogP contribution in [0.1, 0.15) is 51.5 Å². The number of carbonyl (C=O) groups excluding carboxylic acids is 5. The van der Waals surface area contributed by atoms with Crippen LogP contribution >= 0.6 is 0 Å². The number of benzene rings is 1. The molecule has 8 heteroatoms. The van der Waals surface area contributed by atoms with E-state index in [2.05, 4.69) is 14.8 Å². The molecule has 0 aliphatic carbocycles. The van der Waals surface area contributed by atoms with Gasteiger partial charge in [-0.25, -0.2) is 0 Å². The molecule has 182 valence electrons. The largest absolute Gasteiger partial charge is 0.468 e. The van der Waals surface area contributed by atoms with E-state index < -0.39 is 29.8 Å². The van der Waals surface area contributed by atoms with E-state index in [0.717, 1.165) is 11.8 Å². The van der Waals surface area contributed by atoms with Crippen molar-refractivity contribution in [2.24, 2.45) is 17.8 Å². The minimum atomic E-state index is -1.05. The Hall–Kier alpha value is -3.03. The Labute approximate surface area is 195 Å². The second kappa shape index (κ2) is 14.9. The van der Waals surface area contributed by atoms with Gasteiger partial charge in [0, 0.05) is 18.8 Å². The predicted octanol–water partition coefficient (Wildman–Crippen LogP) is 2.67. The Kier molecular flexibility index (Phi) is 12.7. The highest BCUT2D eigenvalue weighted by Crippen LogP contribution is 2.20. The summed E-state index contributed by atoms with van der Waals surface area (Å²) in [5, 5.41) is 2.80. The Morgan fingerprint density at radius 1 is 0.939 bits per heavy atom. The first-order valence-electron chi connectivity index (χ1n) is 11.2. The van der Waals surface area contributed by atoms with Gasteiger partial charge in [-0.1, -0.05) is 44.2 Å². The van der Waals surface area contributed by atoms with Crippen molar-refractivity contribution in [3.05, 3.63) is 35.9 Å². The molecule has 2 atom stereocenters. The second-order valence-corrected chi connectivity index (χ2v) is 8.36. The van der Waals surface area contributed by atoms with Crippen molar-refractivity contribution in [1.29, 1.82) is 0 Å². The molecule has 0 aliphatic rings. The van der Waals surface area contributed by atoms with Crippen molar-refractivity contribution in [3.8, 4) is 0 Å². The van der Waals surface area contributed by atoms with Crippen LogP contribution in [0.4, 0.5) is 0 Å². The van der Waals surface area contributed by atoms with E-state index in [-0.39, 0.29) is 36.9 Å². The number of aldehydes is 1. The third-order valence-electron chi connectivity index (χ3n) is 5.59. The van der Waals surface area contributed by atoms with Crippen molar-refractivity contribution >= 4 is 29.9 Å². The molecule has 0 saturated carbocycles. The molecular formula is C25H35NO7. The molecule has 0 aromatic heterocycles. The highest BCUT2D eigenvalue weighted by Gasteiger charge is 2.29. The maximum Gasteiger partial charge on any atom is 0.320 e. The first kappa shape index (κ1) is 28.0. The second-order valence-electron chi connectivity index (χ2n) is 8.36. The summed E-state index contributed by atoms with van der Waals surface area (Å²) in [6.07, 6.45) is 2.35. The Morgan fingerprint density at radius 2 is 1.55 bits per heavy atom. The van der Waals surface area contributed by atoms with Crippen molar-refractivity contribution in [2.75, 3.05) is 14.2 Å². The number of carbonyl (C=O) groups is 5. The van der Waals surface area contributed by atoms with Gasteiger partial charge < -0.3 is 19.6 Å². The number of ketones is 1. The fraction of sp³-hybridized carbons (Fsp3) is 0.560. The van der Waals surface area contributed by atoms with Crippen LogP contribution in [0.3, 0.4) is 0 Å². The van der Waals surface area contributed by atoms with E-state index in [1.807, 2.05) is 44.2 Å². The van der Waals surface area contributed by atoms with Crippen molar-refractivity contribution in [2.45, 2.75) is 58.4 Å². The van der Waals surface area contributed by atoms with Crippen LogP contribution < -0.4 is 5.32 Å². The van der Waals surface area contributed by atoms with Gasteiger partial charge in [-0.05, 0) is 37.2 Å². The maximum atomic E-state index is 12.8. The van der Waals surface area contributed by atoms with Gasteiger partial charge in [0.15, 0.2) is 5.92 Å². The van der Waals surface area contributed by atoms with E-state index in [1.54, 1.807) is 0 Å². The van der Waals surface area contributed by atoms with E-state index in [4.69, 9.17) is 0 Å². The first-order valence-corrected chi connectivity index (χ1v) is 11.2. The average molecular weight is 462 g/mol. The zero-order chi connectivity index (χ0) is 24.8. The molecule has 1 aromatic carbocycles. The SMILES string of the molecule is COC(=O)C(CCCC(=O)CC[C@H](C(=O)NC(C=O)Cc1ccccc1)C(C)C)C(=O)OC. The van der Waals surface area contributed by atoms with Gasteiger partial charge in [0.2, 0.25) is 5.91 Å². The molecule has 8 nitrogen and oxygen atoms in total. The van der Waals surface area contributed by atoms with Crippen LogP contribution in [-0.4, -0.2) is 50.2 Å². The van der Waals surface area contributed by atoms with Crippen molar-refractivity contribution in [3.63, 3.8) is 0 Å². The summed E-state index contributed by atoms with van der Waals surface area (Å²) < 4.78 is 9.22. The van der Waals surface area contributed by atoms with E-state index in [9.17, 15) is 24.0 Å². The molecule has 0 fully saturated rings. The number of Topliss-reactive ketones (excluding diaryl/α,β-unsaturated/α-hetero) is 1. The number of amides is 1. The Balaban J connectivity index is 2.56. The van der Waals surface area contributed by atoms with Gasteiger partial charge in [0.05, 0.1) is 20.3 Å². The van der Waals surface area contributed by atoms with Crippen LogP contribution in [0.2, 0.25) is 0 Å². The Morgan fingerprint density at radius 3 is 2.06 bits per heavy atom. The maximum absolute atomic E-state index is 12.8. The summed E-state index contributed by atoms with van der Waals surface area (Å²) in [4.78, 5) is 60.0. The van der Waals surface area contributed by atoms with E-state index in [0.29, 0.717) is 19.3 Å². The number of hydrogen-bond acceptors (Lipinski definition) is 7. The summed E-state index contributed by atoms with van der Waals surface area (Å²) in [5.74, 6) is -3.15. The molecule has 0 spiro atoms. The lowest BCUT2D eigenvalue weighted by Gasteiger charge is -2.22. The fourth-order valence-corrected chi connectivity index (χ4v) is 3.62. The standard InChI is InChI=1S/C25H35NO7/c1-17(2)21(23(29)26-19(16-27)15-18-9-6-5-7-10-18)14-13-20(28)11-8-12-22(24(30)32-3)25(31)33-4/h5-7,9-10,16-17,19,21-22H,8,11-15H2,1-4H3,(H,26,29)/t19?,21-/m0/s1. The summed E-state index contributed by atoms with van der Waals surface area (Å²) >= 11 is 0. The van der Waals surface area contributed by atoms with E-state index >= 15 is 0 Å². The molecular weight excluding hydrogens is 426 g/mol. The van der Waals surface area contributed by atoms with Gasteiger partial charge >= 0.3 is 11.9 Å². The average Bonchev–Trinajstić information content (AvgIpc) is 2.80. The van der Waals surface area contributed by atoms with Gasteiger partial charge in [-0.15, -0.1) is 0 Å². The molecule has 0 radical (unpaired) electrons. The molecule has 1 amide bonds. The van der Waals surface area contributed by atoms with Crippen LogP contribution in [0.15, 0.2) is 30.3 Å². The first-order chi connectivity index (χ1) is 15.7. The molecule has 0 heterocycles. The molecule has 0 bridgehead atoms. The van der Waals surface area contributed by atoms with Crippen LogP contribution in [0.5, 0.6) is 0 Å². The lowest BCUT2D eigenvalue weighted by atomic mass is 9.88. The molecule has 33 heavy (non-hydrogen) atoms. The highest BCUT2D eigenvalue weighted by molar-refractivity contribution is 5.94. The molecule has 0 aliphatic heterocycles.